The summed E-state index contributed by atoms with van der Waals surface area (Å²) < 4.78 is 0. The van der Waals surface area contributed by atoms with E-state index < -0.39 is 0 Å². The molecule has 1 aromatic heterocycles. The van der Waals surface area contributed by atoms with E-state index >= 15 is 0 Å². The quantitative estimate of drug-likeness (QED) is 0.566. The molecule has 0 saturated carbocycles. The molecule has 28 heavy (non-hydrogen) atoms. The first-order chi connectivity index (χ1) is 13.5. The van der Waals surface area contributed by atoms with Crippen LogP contribution >= 0.6 is 11.3 Å². The smallest absolute Gasteiger partial charge is 0.251 e. The fourth-order valence-corrected chi connectivity index (χ4v) is 3.38. The van der Waals surface area contributed by atoms with Gasteiger partial charge in [0, 0.05) is 37.2 Å². The van der Waals surface area contributed by atoms with Crippen molar-refractivity contribution in [2.24, 2.45) is 0 Å². The molecule has 2 rings (SSSR count). The molecule has 150 valence electrons. The van der Waals surface area contributed by atoms with Gasteiger partial charge in [-0.05, 0) is 48.8 Å². The molecule has 2 amide bonds. The van der Waals surface area contributed by atoms with E-state index in [4.69, 9.17) is 0 Å². The van der Waals surface area contributed by atoms with Crippen LogP contribution in [-0.2, 0) is 4.79 Å². The molecule has 0 aliphatic heterocycles. The first kappa shape index (κ1) is 21.8. The summed E-state index contributed by atoms with van der Waals surface area (Å²) in [6, 6.07) is 10.3. The van der Waals surface area contributed by atoms with Crippen molar-refractivity contribution in [1.29, 1.82) is 0 Å². The maximum Gasteiger partial charge on any atom is 0.251 e. The van der Waals surface area contributed by atoms with Crippen molar-refractivity contribution in [2.75, 3.05) is 31.5 Å². The van der Waals surface area contributed by atoms with Gasteiger partial charge in [0.15, 0.2) is 5.78 Å². The molecule has 2 aromatic rings. The van der Waals surface area contributed by atoms with Crippen LogP contribution in [0.15, 0.2) is 41.8 Å². The highest BCUT2D eigenvalue weighted by Crippen LogP contribution is 2.14. The summed E-state index contributed by atoms with van der Waals surface area (Å²) in [5.74, 6) is -0.380. The lowest BCUT2D eigenvalue weighted by atomic mass is 10.1. The van der Waals surface area contributed by atoms with Gasteiger partial charge in [-0.1, -0.05) is 19.9 Å². The van der Waals surface area contributed by atoms with E-state index in [2.05, 4.69) is 29.4 Å². The number of Topliss-reactive ketones (excluding diaryl/α,β-unsaturated/α-hetero) is 1. The standard InChI is InChI=1S/C21H27N3O3S/c1-3-24(4-2)14-13-22-21(27)16-7-9-17(10-8-16)23-20(26)12-11-18(25)19-6-5-15-28-19/h5-10,15H,3-4,11-14H2,1-2H3,(H,22,27)(H,23,26). The number of likely N-dealkylation sites (N-methyl/N-ethyl adjacent to an activating group) is 1. The third-order valence-electron chi connectivity index (χ3n) is 4.41. The molecule has 0 spiro atoms. The summed E-state index contributed by atoms with van der Waals surface area (Å²) in [6.07, 6.45) is 0.309. The summed E-state index contributed by atoms with van der Waals surface area (Å²) in [4.78, 5) is 39.0. The van der Waals surface area contributed by atoms with Crippen LogP contribution in [0.2, 0.25) is 0 Å². The number of hydrogen-bond donors (Lipinski definition) is 2. The van der Waals surface area contributed by atoms with Crippen molar-refractivity contribution < 1.29 is 14.4 Å². The SMILES string of the molecule is CCN(CC)CCNC(=O)c1ccc(NC(=O)CCC(=O)c2cccs2)cc1. The van der Waals surface area contributed by atoms with Crippen LogP contribution in [0.3, 0.4) is 0 Å². The van der Waals surface area contributed by atoms with Gasteiger partial charge in [-0.15, -0.1) is 11.3 Å². The van der Waals surface area contributed by atoms with Gasteiger partial charge in [-0.3, -0.25) is 14.4 Å². The Morgan fingerprint density at radius 3 is 2.32 bits per heavy atom. The Morgan fingerprint density at radius 1 is 1.00 bits per heavy atom. The Balaban J connectivity index is 1.76. The van der Waals surface area contributed by atoms with E-state index in [1.165, 1.54) is 11.3 Å². The van der Waals surface area contributed by atoms with Gasteiger partial charge in [0.05, 0.1) is 4.88 Å². The number of rotatable bonds is 11. The second kappa shape index (κ2) is 11.4. The highest BCUT2D eigenvalue weighted by molar-refractivity contribution is 7.12. The van der Waals surface area contributed by atoms with Gasteiger partial charge in [0.25, 0.3) is 5.91 Å². The Kier molecular flexibility index (Phi) is 8.84. The summed E-state index contributed by atoms with van der Waals surface area (Å²) in [5, 5.41) is 7.50. The summed E-state index contributed by atoms with van der Waals surface area (Å²) in [7, 11) is 0. The van der Waals surface area contributed by atoms with Crippen LogP contribution < -0.4 is 10.6 Å². The average Bonchev–Trinajstić information content (AvgIpc) is 3.25. The molecule has 1 aromatic carbocycles. The molecule has 0 bridgehead atoms. The third kappa shape index (κ3) is 6.90. The average molecular weight is 402 g/mol. The van der Waals surface area contributed by atoms with Crippen LogP contribution in [0.25, 0.3) is 0 Å². The number of benzene rings is 1. The molecule has 0 fully saturated rings. The predicted molar refractivity (Wildman–Crippen MR) is 113 cm³/mol. The Labute approximate surface area is 169 Å². The van der Waals surface area contributed by atoms with Gasteiger partial charge >= 0.3 is 0 Å². The van der Waals surface area contributed by atoms with Crippen molar-refractivity contribution in [3.63, 3.8) is 0 Å². The van der Waals surface area contributed by atoms with Crippen LogP contribution in [0.4, 0.5) is 5.69 Å². The number of hydrogen-bond acceptors (Lipinski definition) is 5. The van der Waals surface area contributed by atoms with Crippen LogP contribution in [0.5, 0.6) is 0 Å². The fraction of sp³-hybridized carbons (Fsp3) is 0.381. The minimum Gasteiger partial charge on any atom is -0.351 e. The maximum absolute atomic E-state index is 12.2. The molecule has 0 atom stereocenters. The number of nitrogens with one attached hydrogen (secondary N) is 2. The summed E-state index contributed by atoms with van der Waals surface area (Å²) in [5.41, 5.74) is 1.15. The fourth-order valence-electron chi connectivity index (χ4n) is 2.69. The van der Waals surface area contributed by atoms with Gasteiger partial charge in [-0.2, -0.15) is 0 Å². The highest BCUT2D eigenvalue weighted by atomic mass is 32.1. The van der Waals surface area contributed by atoms with Crippen LogP contribution in [0.1, 0.15) is 46.7 Å². The number of ketones is 1. The third-order valence-corrected chi connectivity index (χ3v) is 5.32. The normalized spacial score (nSPS) is 10.7. The second-order valence-corrected chi connectivity index (χ2v) is 7.26. The second-order valence-electron chi connectivity index (χ2n) is 6.31. The molecule has 0 saturated heterocycles. The van der Waals surface area contributed by atoms with E-state index in [1.807, 2.05) is 11.4 Å². The first-order valence-corrected chi connectivity index (χ1v) is 10.4. The Morgan fingerprint density at radius 2 is 1.71 bits per heavy atom. The Bertz CT molecular complexity index is 769. The van der Waals surface area contributed by atoms with Crippen LogP contribution in [-0.4, -0.2) is 48.7 Å². The number of carbonyl (C=O) groups excluding carboxylic acids is 3. The van der Waals surface area contributed by atoms with Crippen molar-refractivity contribution in [3.05, 3.63) is 52.2 Å². The monoisotopic (exact) mass is 401 g/mol. The van der Waals surface area contributed by atoms with Crippen molar-refractivity contribution in [2.45, 2.75) is 26.7 Å². The molecule has 0 unspecified atom stereocenters. The number of nitrogens with zero attached hydrogens (tertiary/aromatic N) is 1. The van der Waals surface area contributed by atoms with Crippen molar-refractivity contribution >= 4 is 34.6 Å². The summed E-state index contributed by atoms with van der Waals surface area (Å²) in [6.45, 7) is 7.51. The molecule has 0 radical (unpaired) electrons. The van der Waals surface area contributed by atoms with Gasteiger partial charge in [-0.25, -0.2) is 0 Å². The number of carbonyl (C=O) groups is 3. The van der Waals surface area contributed by atoms with Gasteiger partial charge < -0.3 is 15.5 Å². The minimum absolute atomic E-state index is 0.0260. The van der Waals surface area contributed by atoms with Gasteiger partial charge in [0.2, 0.25) is 5.91 Å². The summed E-state index contributed by atoms with van der Waals surface area (Å²) >= 11 is 1.38. The zero-order valence-corrected chi connectivity index (χ0v) is 17.2. The number of thiophene rings is 1. The molecule has 0 aliphatic rings. The van der Waals surface area contributed by atoms with E-state index in [1.54, 1.807) is 30.3 Å². The van der Waals surface area contributed by atoms with E-state index in [0.29, 0.717) is 22.7 Å². The van der Waals surface area contributed by atoms with Gasteiger partial charge in [0.1, 0.15) is 0 Å². The lowest BCUT2D eigenvalue weighted by Gasteiger charge is -2.17. The lowest BCUT2D eigenvalue weighted by molar-refractivity contribution is -0.116. The number of amides is 2. The van der Waals surface area contributed by atoms with Crippen molar-refractivity contribution in [3.8, 4) is 0 Å². The largest absolute Gasteiger partial charge is 0.351 e. The van der Waals surface area contributed by atoms with Crippen LogP contribution in [0, 0.1) is 0 Å². The zero-order chi connectivity index (χ0) is 20.4. The molecular formula is C21H27N3O3S. The molecule has 0 aliphatic carbocycles. The Hall–Kier alpha value is -2.51. The molecule has 1 heterocycles. The van der Waals surface area contributed by atoms with Crippen molar-refractivity contribution in [1.82, 2.24) is 10.2 Å². The molecule has 2 N–H and O–H groups in total. The minimum atomic E-state index is -0.221. The van der Waals surface area contributed by atoms with E-state index in [-0.39, 0.29) is 30.4 Å². The zero-order valence-electron chi connectivity index (χ0n) is 16.4. The topological polar surface area (TPSA) is 78.5 Å². The molecule has 7 heteroatoms. The first-order valence-electron chi connectivity index (χ1n) is 9.50. The molecule has 6 nitrogen and oxygen atoms in total. The van der Waals surface area contributed by atoms with E-state index in [9.17, 15) is 14.4 Å². The predicted octanol–water partition coefficient (Wildman–Crippen LogP) is 3.42. The highest BCUT2D eigenvalue weighted by Gasteiger charge is 2.11. The number of anilines is 1. The van der Waals surface area contributed by atoms with E-state index in [0.717, 1.165) is 19.6 Å². The molecular weight excluding hydrogens is 374 g/mol. The lowest BCUT2D eigenvalue weighted by Crippen LogP contribution is -2.34. The maximum atomic E-state index is 12.2.